The Hall–Kier alpha value is -1.88. The molecule has 2 fully saturated rings. The second-order valence-electron chi connectivity index (χ2n) is 5.64. The first-order chi connectivity index (χ1) is 9.64. The number of carbonyl (C=O) groups excluding carboxylic acids is 2. The van der Waals surface area contributed by atoms with Gasteiger partial charge in [0.05, 0.1) is 5.41 Å². The van der Waals surface area contributed by atoms with E-state index < -0.39 is 0 Å². The molecular weight excluding hydrogens is 254 g/mol. The van der Waals surface area contributed by atoms with Gasteiger partial charge in [-0.3, -0.25) is 9.59 Å². The molecule has 2 aliphatic rings. The maximum absolute atomic E-state index is 12.2. The van der Waals surface area contributed by atoms with E-state index in [1.807, 2.05) is 24.3 Å². The van der Waals surface area contributed by atoms with E-state index in [0.29, 0.717) is 13.0 Å². The first-order valence-corrected chi connectivity index (χ1v) is 7.07. The molecule has 2 amide bonds. The molecule has 0 radical (unpaired) electrons. The Morgan fingerprint density at radius 1 is 1.40 bits per heavy atom. The van der Waals surface area contributed by atoms with Crippen molar-refractivity contribution in [2.24, 2.45) is 11.1 Å². The molecule has 3 N–H and O–H groups in total. The Labute approximate surface area is 118 Å². The summed E-state index contributed by atoms with van der Waals surface area (Å²) in [4.78, 5) is 25.7. The molecule has 3 rings (SSSR count). The lowest BCUT2D eigenvalue weighted by atomic mass is 10.1. The monoisotopic (exact) mass is 273 g/mol. The predicted octanol–water partition coefficient (Wildman–Crippen LogP) is 1.49. The van der Waals surface area contributed by atoms with Crippen molar-refractivity contribution in [1.29, 1.82) is 0 Å². The standard InChI is InChI=1S/C15H19N3O2/c16-10-15(6-7-15)14(20)17-11-3-1-4-12(9-11)18-8-2-5-13(18)19/h1,3-4,9H,2,5-8,10,16H2,(H,17,20). The summed E-state index contributed by atoms with van der Waals surface area (Å²) in [6.45, 7) is 1.14. The van der Waals surface area contributed by atoms with Gasteiger partial charge in [0.25, 0.3) is 0 Å². The number of carbonyl (C=O) groups is 2. The number of amides is 2. The molecule has 1 heterocycles. The molecule has 0 aromatic heterocycles. The summed E-state index contributed by atoms with van der Waals surface area (Å²) >= 11 is 0. The first kappa shape index (κ1) is 13.1. The topological polar surface area (TPSA) is 75.4 Å². The third kappa shape index (κ3) is 2.29. The average molecular weight is 273 g/mol. The van der Waals surface area contributed by atoms with Crippen LogP contribution in [0.1, 0.15) is 25.7 Å². The van der Waals surface area contributed by atoms with Gasteiger partial charge in [0.1, 0.15) is 0 Å². The van der Waals surface area contributed by atoms with Crippen LogP contribution in [-0.4, -0.2) is 24.9 Å². The van der Waals surface area contributed by atoms with E-state index in [9.17, 15) is 9.59 Å². The zero-order valence-electron chi connectivity index (χ0n) is 11.4. The highest BCUT2D eigenvalue weighted by Gasteiger charge is 2.48. The lowest BCUT2D eigenvalue weighted by Gasteiger charge is -2.18. The lowest BCUT2D eigenvalue weighted by molar-refractivity contribution is -0.120. The maximum Gasteiger partial charge on any atom is 0.231 e. The van der Waals surface area contributed by atoms with Gasteiger partial charge in [-0.2, -0.15) is 0 Å². The van der Waals surface area contributed by atoms with Crippen molar-refractivity contribution in [1.82, 2.24) is 0 Å². The number of nitrogens with one attached hydrogen (secondary N) is 1. The molecule has 20 heavy (non-hydrogen) atoms. The molecule has 5 heteroatoms. The Balaban J connectivity index is 1.74. The summed E-state index contributed by atoms with van der Waals surface area (Å²) in [7, 11) is 0. The highest BCUT2D eigenvalue weighted by molar-refractivity contribution is 5.99. The molecule has 0 bridgehead atoms. The number of hydrogen-bond donors (Lipinski definition) is 2. The van der Waals surface area contributed by atoms with Gasteiger partial charge in [0.2, 0.25) is 11.8 Å². The highest BCUT2D eigenvalue weighted by atomic mass is 16.2. The van der Waals surface area contributed by atoms with Crippen LogP contribution in [0.4, 0.5) is 11.4 Å². The minimum absolute atomic E-state index is 0.00935. The van der Waals surface area contributed by atoms with E-state index in [0.717, 1.165) is 37.2 Å². The van der Waals surface area contributed by atoms with Gasteiger partial charge in [0.15, 0.2) is 0 Å². The molecule has 1 aromatic rings. The van der Waals surface area contributed by atoms with Crippen molar-refractivity contribution in [2.45, 2.75) is 25.7 Å². The van der Waals surface area contributed by atoms with Crippen LogP contribution in [0, 0.1) is 5.41 Å². The van der Waals surface area contributed by atoms with E-state index in [4.69, 9.17) is 5.73 Å². The van der Waals surface area contributed by atoms with Crippen LogP contribution in [0.25, 0.3) is 0 Å². The average Bonchev–Trinajstić information content (AvgIpc) is 3.15. The van der Waals surface area contributed by atoms with Crippen molar-refractivity contribution in [3.8, 4) is 0 Å². The summed E-state index contributed by atoms with van der Waals surface area (Å²) in [5.41, 5.74) is 6.87. The molecule has 106 valence electrons. The Bertz CT molecular complexity index is 552. The van der Waals surface area contributed by atoms with Crippen LogP contribution < -0.4 is 16.0 Å². The van der Waals surface area contributed by atoms with Crippen molar-refractivity contribution in [2.75, 3.05) is 23.3 Å². The van der Waals surface area contributed by atoms with E-state index in [1.54, 1.807) is 4.90 Å². The van der Waals surface area contributed by atoms with Crippen LogP contribution in [0.15, 0.2) is 24.3 Å². The predicted molar refractivity (Wildman–Crippen MR) is 77.4 cm³/mol. The largest absolute Gasteiger partial charge is 0.329 e. The fraction of sp³-hybridized carbons (Fsp3) is 0.467. The summed E-state index contributed by atoms with van der Waals surface area (Å²) in [6, 6.07) is 7.45. The van der Waals surface area contributed by atoms with Gasteiger partial charge in [-0.05, 0) is 37.5 Å². The Morgan fingerprint density at radius 3 is 2.80 bits per heavy atom. The Kier molecular flexibility index (Phi) is 3.22. The smallest absolute Gasteiger partial charge is 0.231 e. The number of rotatable bonds is 4. The molecule has 1 saturated carbocycles. The SMILES string of the molecule is NCC1(C(=O)Nc2cccc(N3CCCC3=O)c2)CC1. The lowest BCUT2D eigenvalue weighted by Crippen LogP contribution is -2.31. The van der Waals surface area contributed by atoms with E-state index in [-0.39, 0.29) is 17.2 Å². The fourth-order valence-corrected chi connectivity index (χ4v) is 2.61. The van der Waals surface area contributed by atoms with Crippen LogP contribution in [0.3, 0.4) is 0 Å². The normalized spacial score (nSPS) is 20.1. The van der Waals surface area contributed by atoms with E-state index in [2.05, 4.69) is 5.32 Å². The quantitative estimate of drug-likeness (QED) is 0.872. The molecular formula is C15H19N3O2. The van der Waals surface area contributed by atoms with Crippen molar-refractivity contribution < 1.29 is 9.59 Å². The molecule has 0 atom stereocenters. The molecule has 1 saturated heterocycles. The molecule has 5 nitrogen and oxygen atoms in total. The number of hydrogen-bond acceptors (Lipinski definition) is 3. The van der Waals surface area contributed by atoms with E-state index in [1.165, 1.54) is 0 Å². The summed E-state index contributed by atoms with van der Waals surface area (Å²) < 4.78 is 0. The van der Waals surface area contributed by atoms with Gasteiger partial charge < -0.3 is 16.0 Å². The van der Waals surface area contributed by atoms with Crippen LogP contribution in [0.2, 0.25) is 0 Å². The minimum Gasteiger partial charge on any atom is -0.329 e. The number of anilines is 2. The van der Waals surface area contributed by atoms with Gasteiger partial charge in [0, 0.05) is 30.9 Å². The van der Waals surface area contributed by atoms with E-state index >= 15 is 0 Å². The third-order valence-electron chi connectivity index (χ3n) is 4.22. The van der Waals surface area contributed by atoms with Crippen LogP contribution in [-0.2, 0) is 9.59 Å². The van der Waals surface area contributed by atoms with Gasteiger partial charge in [-0.15, -0.1) is 0 Å². The van der Waals surface area contributed by atoms with Gasteiger partial charge in [-0.25, -0.2) is 0 Å². The zero-order chi connectivity index (χ0) is 14.2. The molecule has 1 aliphatic heterocycles. The number of benzene rings is 1. The number of nitrogens with zero attached hydrogens (tertiary/aromatic N) is 1. The summed E-state index contributed by atoms with van der Waals surface area (Å²) in [5.74, 6) is 0.138. The highest BCUT2D eigenvalue weighted by Crippen LogP contribution is 2.45. The third-order valence-corrected chi connectivity index (χ3v) is 4.22. The summed E-state index contributed by atoms with van der Waals surface area (Å²) in [5, 5.41) is 2.92. The summed E-state index contributed by atoms with van der Waals surface area (Å²) in [6.07, 6.45) is 3.22. The first-order valence-electron chi connectivity index (χ1n) is 7.07. The Morgan fingerprint density at radius 2 is 2.20 bits per heavy atom. The fourth-order valence-electron chi connectivity index (χ4n) is 2.61. The minimum atomic E-state index is -0.362. The van der Waals surface area contributed by atoms with Crippen LogP contribution in [0.5, 0.6) is 0 Å². The maximum atomic E-state index is 12.2. The van der Waals surface area contributed by atoms with Gasteiger partial charge >= 0.3 is 0 Å². The molecule has 1 aromatic carbocycles. The van der Waals surface area contributed by atoms with Crippen molar-refractivity contribution >= 4 is 23.2 Å². The molecule has 0 unspecified atom stereocenters. The number of nitrogens with two attached hydrogens (primary N) is 1. The molecule has 1 aliphatic carbocycles. The van der Waals surface area contributed by atoms with Crippen molar-refractivity contribution in [3.05, 3.63) is 24.3 Å². The molecule has 0 spiro atoms. The van der Waals surface area contributed by atoms with Gasteiger partial charge in [-0.1, -0.05) is 6.07 Å². The van der Waals surface area contributed by atoms with Crippen LogP contribution >= 0.6 is 0 Å². The van der Waals surface area contributed by atoms with Crippen molar-refractivity contribution in [3.63, 3.8) is 0 Å². The zero-order valence-corrected chi connectivity index (χ0v) is 11.4. The second-order valence-corrected chi connectivity index (χ2v) is 5.64. The second kappa shape index (κ2) is 4.90.